The summed E-state index contributed by atoms with van der Waals surface area (Å²) >= 11 is 0. The molecule has 0 fully saturated rings. The van der Waals surface area contributed by atoms with Gasteiger partial charge in [0.2, 0.25) is 12.3 Å². The average Bonchev–Trinajstić information content (AvgIpc) is 2.31. The number of hydrogen-bond acceptors (Lipinski definition) is 3. The van der Waals surface area contributed by atoms with Gasteiger partial charge in [-0.25, -0.2) is 0 Å². The molecule has 5 nitrogen and oxygen atoms in total. The molecule has 0 unspecified atom stereocenters. The van der Waals surface area contributed by atoms with Crippen molar-refractivity contribution in [2.75, 3.05) is 17.7 Å². The maximum Gasteiger partial charge on any atom is 0.245 e. The predicted molar refractivity (Wildman–Crippen MR) is 62.6 cm³/mol. The van der Waals surface area contributed by atoms with Crippen LogP contribution in [-0.2, 0) is 9.59 Å². The molecule has 1 aromatic rings. The Morgan fingerprint density at radius 3 is 2.50 bits per heavy atom. The van der Waals surface area contributed by atoms with E-state index in [2.05, 4.69) is 5.32 Å². The molecule has 1 rings (SSSR count). The minimum absolute atomic E-state index is 0.276. The van der Waals surface area contributed by atoms with Gasteiger partial charge in [0, 0.05) is 30.7 Å². The number of rotatable bonds is 4. The molecule has 0 spiro atoms. The van der Waals surface area contributed by atoms with Crippen LogP contribution in [0.15, 0.2) is 36.5 Å². The van der Waals surface area contributed by atoms with E-state index >= 15 is 0 Å². The highest BCUT2D eigenvalue weighted by Gasteiger charge is 2.01. The second-order valence-corrected chi connectivity index (χ2v) is 3.03. The quantitative estimate of drug-likeness (QED) is 0.439. The van der Waals surface area contributed by atoms with Gasteiger partial charge >= 0.3 is 0 Å². The molecule has 0 aliphatic carbocycles. The summed E-state index contributed by atoms with van der Waals surface area (Å²) in [5, 5.41) is 2.42. The zero-order chi connectivity index (χ0) is 12.0. The number of benzene rings is 1. The topological polar surface area (TPSA) is 75.4 Å². The monoisotopic (exact) mass is 219 g/mol. The van der Waals surface area contributed by atoms with Gasteiger partial charge in [-0.3, -0.25) is 14.5 Å². The fourth-order valence-electron chi connectivity index (χ4n) is 1.06. The first-order valence-corrected chi connectivity index (χ1v) is 4.66. The Kier molecular flexibility index (Phi) is 4.08. The van der Waals surface area contributed by atoms with Gasteiger partial charge in [0.1, 0.15) is 0 Å². The van der Waals surface area contributed by atoms with E-state index in [0.29, 0.717) is 17.8 Å². The summed E-state index contributed by atoms with van der Waals surface area (Å²) in [6.07, 6.45) is 3.27. The molecular weight excluding hydrogens is 206 g/mol. The van der Waals surface area contributed by atoms with Crippen molar-refractivity contribution in [3.05, 3.63) is 36.5 Å². The Bertz CT molecular complexity index is 398. The third kappa shape index (κ3) is 3.13. The van der Waals surface area contributed by atoms with Gasteiger partial charge < -0.3 is 11.1 Å². The third-order valence-electron chi connectivity index (χ3n) is 1.94. The Morgan fingerprint density at radius 2 is 2.00 bits per heavy atom. The summed E-state index contributed by atoms with van der Waals surface area (Å²) in [5.41, 5.74) is 6.78. The maximum atomic E-state index is 11.0. The number of nitrogens with zero attached hydrogens (tertiary/aromatic N) is 1. The number of carbonyl (C=O) groups excluding carboxylic acids is 2. The number of anilines is 2. The van der Waals surface area contributed by atoms with Gasteiger partial charge in [0.05, 0.1) is 0 Å². The molecule has 0 aliphatic heterocycles. The second kappa shape index (κ2) is 5.55. The second-order valence-electron chi connectivity index (χ2n) is 3.03. The molecule has 0 heterocycles. The molecule has 3 N–H and O–H groups in total. The van der Waals surface area contributed by atoms with Crippen molar-refractivity contribution in [3.8, 4) is 0 Å². The molecule has 0 radical (unpaired) electrons. The number of nitrogens with two attached hydrogens (primary N) is 1. The SMILES string of the molecule is CNC(=O)/C=C\N(C=O)c1ccc(N)cc1. The molecule has 2 amide bonds. The van der Waals surface area contributed by atoms with Gasteiger partial charge in [0.25, 0.3) is 0 Å². The van der Waals surface area contributed by atoms with Gasteiger partial charge in [-0.1, -0.05) is 0 Å². The molecule has 5 heteroatoms. The number of nitrogen functional groups attached to an aromatic ring is 1. The lowest BCUT2D eigenvalue weighted by Gasteiger charge is -2.11. The van der Waals surface area contributed by atoms with E-state index in [4.69, 9.17) is 5.73 Å². The summed E-state index contributed by atoms with van der Waals surface area (Å²) in [6, 6.07) is 6.75. The van der Waals surface area contributed by atoms with Crippen LogP contribution in [0, 0.1) is 0 Å². The fourth-order valence-corrected chi connectivity index (χ4v) is 1.06. The van der Waals surface area contributed by atoms with Crippen LogP contribution in [0.3, 0.4) is 0 Å². The van der Waals surface area contributed by atoms with Gasteiger partial charge in [-0.05, 0) is 24.3 Å². The van der Waals surface area contributed by atoms with Gasteiger partial charge in [0.15, 0.2) is 0 Å². The summed E-state index contributed by atoms with van der Waals surface area (Å²) in [6.45, 7) is 0. The lowest BCUT2D eigenvalue weighted by atomic mass is 10.3. The Balaban J connectivity index is 2.82. The van der Waals surface area contributed by atoms with Crippen LogP contribution in [0.25, 0.3) is 0 Å². The van der Waals surface area contributed by atoms with Crippen LogP contribution in [0.2, 0.25) is 0 Å². The van der Waals surface area contributed by atoms with Crippen molar-refractivity contribution in [1.29, 1.82) is 0 Å². The average molecular weight is 219 g/mol. The van der Waals surface area contributed by atoms with E-state index in [-0.39, 0.29) is 5.91 Å². The van der Waals surface area contributed by atoms with Crippen LogP contribution >= 0.6 is 0 Å². The molecule has 84 valence electrons. The van der Waals surface area contributed by atoms with Gasteiger partial charge in [-0.2, -0.15) is 0 Å². The zero-order valence-corrected chi connectivity index (χ0v) is 8.88. The first-order valence-electron chi connectivity index (χ1n) is 4.66. The highest BCUT2D eigenvalue weighted by atomic mass is 16.1. The normalized spacial score (nSPS) is 10.1. The van der Waals surface area contributed by atoms with Crippen LogP contribution in [0.4, 0.5) is 11.4 Å². The highest BCUT2D eigenvalue weighted by molar-refractivity contribution is 5.89. The molecule has 0 aromatic heterocycles. The number of amides is 2. The van der Waals surface area contributed by atoms with Crippen molar-refractivity contribution in [2.45, 2.75) is 0 Å². The largest absolute Gasteiger partial charge is 0.399 e. The van der Waals surface area contributed by atoms with Crippen molar-refractivity contribution in [3.63, 3.8) is 0 Å². The number of likely N-dealkylation sites (N-methyl/N-ethyl adjacent to an activating group) is 1. The molecule has 0 atom stereocenters. The smallest absolute Gasteiger partial charge is 0.245 e. The minimum Gasteiger partial charge on any atom is -0.399 e. The van der Waals surface area contributed by atoms with Crippen LogP contribution in [-0.4, -0.2) is 19.4 Å². The standard InChI is InChI=1S/C11H13N3O2/c1-13-11(16)6-7-14(8-15)10-4-2-9(12)3-5-10/h2-8H,12H2,1H3,(H,13,16)/b7-6-. The van der Waals surface area contributed by atoms with Crippen molar-refractivity contribution >= 4 is 23.7 Å². The Morgan fingerprint density at radius 1 is 1.38 bits per heavy atom. The summed E-state index contributed by atoms with van der Waals surface area (Å²) in [7, 11) is 1.52. The lowest BCUT2D eigenvalue weighted by Crippen LogP contribution is -2.18. The molecule has 0 bridgehead atoms. The first-order chi connectivity index (χ1) is 7.67. The number of carbonyl (C=O) groups is 2. The molecule has 0 saturated carbocycles. The summed E-state index contributed by atoms with van der Waals surface area (Å²) in [4.78, 5) is 23.0. The molecule has 16 heavy (non-hydrogen) atoms. The van der Waals surface area contributed by atoms with E-state index in [1.165, 1.54) is 24.2 Å². The lowest BCUT2D eigenvalue weighted by molar-refractivity contribution is -0.116. The van der Waals surface area contributed by atoms with Crippen molar-refractivity contribution in [1.82, 2.24) is 5.32 Å². The fraction of sp³-hybridized carbons (Fsp3) is 0.0909. The Hall–Kier alpha value is -2.30. The van der Waals surface area contributed by atoms with Crippen LogP contribution < -0.4 is 16.0 Å². The maximum absolute atomic E-state index is 11.0. The highest BCUT2D eigenvalue weighted by Crippen LogP contribution is 2.14. The summed E-state index contributed by atoms with van der Waals surface area (Å²) in [5.74, 6) is -0.276. The van der Waals surface area contributed by atoms with Crippen LogP contribution in [0.1, 0.15) is 0 Å². The molecule has 0 saturated heterocycles. The first kappa shape index (κ1) is 11.8. The van der Waals surface area contributed by atoms with E-state index in [1.54, 1.807) is 24.3 Å². The Labute approximate surface area is 93.5 Å². The van der Waals surface area contributed by atoms with Crippen molar-refractivity contribution < 1.29 is 9.59 Å². The zero-order valence-electron chi connectivity index (χ0n) is 8.88. The number of nitrogens with one attached hydrogen (secondary N) is 1. The summed E-state index contributed by atoms with van der Waals surface area (Å²) < 4.78 is 0. The van der Waals surface area contributed by atoms with E-state index < -0.39 is 0 Å². The molecule has 0 aliphatic rings. The van der Waals surface area contributed by atoms with Crippen LogP contribution in [0.5, 0.6) is 0 Å². The van der Waals surface area contributed by atoms with Gasteiger partial charge in [-0.15, -0.1) is 0 Å². The van der Waals surface area contributed by atoms with E-state index in [1.807, 2.05) is 0 Å². The molecular formula is C11H13N3O2. The van der Waals surface area contributed by atoms with E-state index in [0.717, 1.165) is 0 Å². The number of hydrogen-bond donors (Lipinski definition) is 2. The minimum atomic E-state index is -0.276. The third-order valence-corrected chi connectivity index (χ3v) is 1.94. The van der Waals surface area contributed by atoms with Crippen molar-refractivity contribution in [2.24, 2.45) is 0 Å². The van der Waals surface area contributed by atoms with E-state index in [9.17, 15) is 9.59 Å². The molecule has 1 aromatic carbocycles. The predicted octanol–water partition coefficient (Wildman–Crippen LogP) is 0.491.